The van der Waals surface area contributed by atoms with Crippen molar-refractivity contribution in [3.8, 4) is 0 Å². The zero-order valence-corrected chi connectivity index (χ0v) is 6.36. The normalized spacial score (nSPS) is 18.0. The Morgan fingerprint density at radius 1 is 1.67 bits per heavy atom. The van der Waals surface area contributed by atoms with Crippen LogP contribution in [-0.2, 0) is 0 Å². The van der Waals surface area contributed by atoms with E-state index in [0.29, 0.717) is 11.2 Å². The minimum Gasteiger partial charge on any atom is -0.345 e. The average Bonchev–Trinajstić information content (AvgIpc) is 1.89. The van der Waals surface area contributed by atoms with E-state index in [1.807, 2.05) is 23.1 Å². The molecule has 0 bridgehead atoms. The highest BCUT2D eigenvalue weighted by Crippen LogP contribution is 2.13. The number of allylic oxidation sites excluding steroid dienone is 2. The van der Waals surface area contributed by atoms with Crippen LogP contribution in [0.25, 0.3) is 0 Å². The molecule has 1 aliphatic heterocycles. The molecule has 1 aliphatic rings. The molecule has 0 saturated heterocycles. The highest BCUT2D eigenvalue weighted by atomic mass is 35.5. The van der Waals surface area contributed by atoms with Crippen LogP contribution in [0.2, 0.25) is 0 Å². The summed E-state index contributed by atoms with van der Waals surface area (Å²) in [7, 11) is 0. The molecule has 1 rings (SSSR count). The van der Waals surface area contributed by atoms with E-state index in [1.165, 1.54) is 0 Å². The van der Waals surface area contributed by atoms with Crippen LogP contribution >= 0.6 is 23.2 Å². The molecule has 0 aromatic rings. The predicted molar refractivity (Wildman–Crippen MR) is 40.5 cm³/mol. The molecule has 0 atom stereocenters. The van der Waals surface area contributed by atoms with Gasteiger partial charge in [-0.15, -0.1) is 11.6 Å². The molecule has 0 aromatic heterocycles. The van der Waals surface area contributed by atoms with E-state index in [-0.39, 0.29) is 0 Å². The van der Waals surface area contributed by atoms with E-state index >= 15 is 0 Å². The van der Waals surface area contributed by atoms with Gasteiger partial charge in [-0.2, -0.15) is 0 Å². The van der Waals surface area contributed by atoms with Crippen LogP contribution in [0.1, 0.15) is 0 Å². The smallest absolute Gasteiger partial charge is 0.106 e. The largest absolute Gasteiger partial charge is 0.345 e. The van der Waals surface area contributed by atoms with Gasteiger partial charge in [-0.3, -0.25) is 0 Å². The highest BCUT2D eigenvalue weighted by Gasteiger charge is 2.04. The molecule has 1 heterocycles. The first-order chi connectivity index (χ1) is 4.34. The molecular formula is C6H7Cl2N. The van der Waals surface area contributed by atoms with Gasteiger partial charge in [-0.05, 0) is 6.08 Å². The second-order valence-corrected chi connectivity index (χ2v) is 2.39. The lowest BCUT2D eigenvalue weighted by molar-refractivity contribution is 0.466. The first-order valence-corrected chi connectivity index (χ1v) is 3.59. The summed E-state index contributed by atoms with van der Waals surface area (Å²) in [6.45, 7) is 0.818. The van der Waals surface area contributed by atoms with Gasteiger partial charge in [0.15, 0.2) is 0 Å². The van der Waals surface area contributed by atoms with Crippen LogP contribution in [0.4, 0.5) is 0 Å². The fourth-order valence-corrected chi connectivity index (χ4v) is 1.12. The van der Waals surface area contributed by atoms with Gasteiger partial charge in [0.2, 0.25) is 0 Å². The molecule has 50 valence electrons. The van der Waals surface area contributed by atoms with E-state index in [2.05, 4.69) is 0 Å². The topological polar surface area (TPSA) is 3.24 Å². The molecule has 0 aliphatic carbocycles. The number of halogens is 2. The van der Waals surface area contributed by atoms with Crippen molar-refractivity contribution in [3.05, 3.63) is 23.4 Å². The van der Waals surface area contributed by atoms with Crippen molar-refractivity contribution in [2.75, 3.05) is 12.5 Å². The molecule has 1 nitrogen and oxygen atoms in total. The van der Waals surface area contributed by atoms with Crippen molar-refractivity contribution in [1.82, 2.24) is 4.90 Å². The number of rotatable bonds is 1. The predicted octanol–water partition coefficient (Wildman–Crippen LogP) is 2.13. The third kappa shape index (κ3) is 1.63. The van der Waals surface area contributed by atoms with Gasteiger partial charge in [-0.25, -0.2) is 0 Å². The Morgan fingerprint density at radius 2 is 2.44 bits per heavy atom. The Bertz CT molecular complexity index is 151. The minimum atomic E-state index is 0.458. The van der Waals surface area contributed by atoms with Gasteiger partial charge in [0.25, 0.3) is 0 Å². The van der Waals surface area contributed by atoms with Crippen LogP contribution in [0, 0.1) is 0 Å². The lowest BCUT2D eigenvalue weighted by Gasteiger charge is -2.20. The van der Waals surface area contributed by atoms with Crippen molar-refractivity contribution in [2.45, 2.75) is 0 Å². The maximum Gasteiger partial charge on any atom is 0.106 e. The van der Waals surface area contributed by atoms with Gasteiger partial charge in [0.05, 0.1) is 6.00 Å². The first kappa shape index (κ1) is 6.97. The molecule has 0 aromatic carbocycles. The van der Waals surface area contributed by atoms with Crippen LogP contribution in [0.3, 0.4) is 0 Å². The Kier molecular flexibility index (Phi) is 2.43. The quantitative estimate of drug-likeness (QED) is 0.423. The van der Waals surface area contributed by atoms with E-state index < -0.39 is 0 Å². The molecule has 0 N–H and O–H groups in total. The molecule has 9 heavy (non-hydrogen) atoms. The summed E-state index contributed by atoms with van der Waals surface area (Å²) in [4.78, 5) is 1.86. The first-order valence-electron chi connectivity index (χ1n) is 2.68. The maximum absolute atomic E-state index is 5.73. The molecule has 0 saturated carbocycles. The van der Waals surface area contributed by atoms with Crippen LogP contribution in [0.5, 0.6) is 0 Å². The van der Waals surface area contributed by atoms with Gasteiger partial charge >= 0.3 is 0 Å². The van der Waals surface area contributed by atoms with Crippen molar-refractivity contribution >= 4 is 23.2 Å². The van der Waals surface area contributed by atoms with E-state index in [1.54, 1.807) is 0 Å². The van der Waals surface area contributed by atoms with Gasteiger partial charge < -0.3 is 4.90 Å². The molecule has 0 fully saturated rings. The standard InChI is InChI=1S/C6H7Cl2N/c7-5-9-4-2-1-3-6(9)8/h1-3H,4-5H2. The molecule has 0 amide bonds. The summed E-state index contributed by atoms with van der Waals surface area (Å²) < 4.78 is 0. The summed E-state index contributed by atoms with van der Waals surface area (Å²) in [6.07, 6.45) is 5.76. The highest BCUT2D eigenvalue weighted by molar-refractivity contribution is 6.30. The van der Waals surface area contributed by atoms with E-state index in [9.17, 15) is 0 Å². The average molecular weight is 164 g/mol. The Morgan fingerprint density at radius 3 is 2.89 bits per heavy atom. The van der Waals surface area contributed by atoms with Gasteiger partial charge in [0, 0.05) is 6.54 Å². The Balaban J connectivity index is 2.59. The van der Waals surface area contributed by atoms with Crippen LogP contribution in [-0.4, -0.2) is 17.4 Å². The Hall–Kier alpha value is -0.140. The Labute approximate surface area is 64.5 Å². The monoisotopic (exact) mass is 163 g/mol. The van der Waals surface area contributed by atoms with Crippen LogP contribution < -0.4 is 0 Å². The second kappa shape index (κ2) is 3.14. The number of nitrogens with zero attached hydrogens (tertiary/aromatic N) is 1. The molecule has 0 unspecified atom stereocenters. The fraction of sp³-hybridized carbons (Fsp3) is 0.333. The van der Waals surface area contributed by atoms with Crippen molar-refractivity contribution in [1.29, 1.82) is 0 Å². The van der Waals surface area contributed by atoms with Crippen molar-refractivity contribution in [2.24, 2.45) is 0 Å². The second-order valence-electron chi connectivity index (χ2n) is 1.76. The summed E-state index contributed by atoms with van der Waals surface area (Å²) >= 11 is 11.3. The summed E-state index contributed by atoms with van der Waals surface area (Å²) in [6, 6.07) is 0.458. The lowest BCUT2D eigenvalue weighted by atomic mass is 10.4. The van der Waals surface area contributed by atoms with E-state index in [0.717, 1.165) is 6.54 Å². The number of alkyl halides is 1. The fourth-order valence-electron chi connectivity index (χ4n) is 0.634. The van der Waals surface area contributed by atoms with E-state index in [4.69, 9.17) is 23.2 Å². The maximum atomic E-state index is 5.73. The van der Waals surface area contributed by atoms with Crippen molar-refractivity contribution in [3.63, 3.8) is 0 Å². The van der Waals surface area contributed by atoms with Gasteiger partial charge in [-0.1, -0.05) is 23.8 Å². The van der Waals surface area contributed by atoms with Crippen molar-refractivity contribution < 1.29 is 0 Å². The number of hydrogen-bond donors (Lipinski definition) is 0. The third-order valence-corrected chi connectivity index (χ3v) is 1.80. The zero-order valence-electron chi connectivity index (χ0n) is 4.85. The molecular weight excluding hydrogens is 157 g/mol. The third-order valence-electron chi connectivity index (χ3n) is 1.14. The zero-order chi connectivity index (χ0) is 6.69. The summed E-state index contributed by atoms with van der Waals surface area (Å²) in [5, 5.41) is 0.715. The number of hydrogen-bond acceptors (Lipinski definition) is 1. The lowest BCUT2D eigenvalue weighted by Crippen LogP contribution is -2.20. The van der Waals surface area contributed by atoms with Gasteiger partial charge in [0.1, 0.15) is 5.16 Å². The SMILES string of the molecule is ClCN1CC=CC=C1Cl. The molecule has 3 heteroatoms. The molecule has 0 spiro atoms. The molecule has 0 radical (unpaired) electrons. The summed E-state index contributed by atoms with van der Waals surface area (Å²) in [5.41, 5.74) is 0. The van der Waals surface area contributed by atoms with Crippen LogP contribution in [0.15, 0.2) is 23.4 Å². The summed E-state index contributed by atoms with van der Waals surface area (Å²) in [5.74, 6) is 0. The minimum absolute atomic E-state index is 0.458.